The van der Waals surface area contributed by atoms with Crippen LogP contribution in [0.2, 0.25) is 0 Å². The number of aryl methyl sites for hydroxylation is 1. The summed E-state index contributed by atoms with van der Waals surface area (Å²) in [6.45, 7) is 7.05. The van der Waals surface area contributed by atoms with Crippen molar-refractivity contribution in [1.82, 2.24) is 4.57 Å². The first-order valence-electron chi connectivity index (χ1n) is 9.17. The van der Waals surface area contributed by atoms with Crippen molar-refractivity contribution in [1.29, 1.82) is 0 Å². The molecular formula is C20H24N2O6S. The number of sulfonamides is 1. The average molecular weight is 420 g/mol. The van der Waals surface area contributed by atoms with Crippen LogP contribution in [0.1, 0.15) is 32.0 Å². The minimum Gasteiger partial charge on any atom is -0.493 e. The first kappa shape index (κ1) is 20.9. The number of nitrogens with one attached hydrogen (secondary N) is 1. The Hall–Kier alpha value is -2.81. The highest BCUT2D eigenvalue weighted by molar-refractivity contribution is 7.92. The highest BCUT2D eigenvalue weighted by Gasteiger charge is 2.22. The van der Waals surface area contributed by atoms with E-state index in [9.17, 15) is 18.0 Å². The van der Waals surface area contributed by atoms with Crippen molar-refractivity contribution in [3.8, 4) is 5.75 Å². The third-order valence-corrected chi connectivity index (χ3v) is 5.68. The number of benzene rings is 1. The molecule has 2 aromatic rings. The third-order valence-electron chi connectivity index (χ3n) is 4.32. The number of nitrogens with zero attached hydrogens (tertiary/aromatic N) is 1. The van der Waals surface area contributed by atoms with E-state index in [4.69, 9.17) is 9.47 Å². The summed E-state index contributed by atoms with van der Waals surface area (Å²) in [7, 11) is -3.98. The lowest BCUT2D eigenvalue weighted by Gasteiger charge is -2.20. The fourth-order valence-corrected chi connectivity index (χ4v) is 4.09. The van der Waals surface area contributed by atoms with Gasteiger partial charge in [0.1, 0.15) is 23.6 Å². The molecular weight excluding hydrogens is 396 g/mol. The van der Waals surface area contributed by atoms with E-state index < -0.39 is 27.2 Å². The number of anilines is 1. The fourth-order valence-electron chi connectivity index (χ4n) is 2.98. The first-order chi connectivity index (χ1) is 13.5. The smallest absolute Gasteiger partial charge is 0.326 e. The molecule has 0 saturated carbocycles. The van der Waals surface area contributed by atoms with Crippen molar-refractivity contribution in [2.45, 2.75) is 51.2 Å². The lowest BCUT2D eigenvalue weighted by Crippen LogP contribution is -2.33. The molecule has 1 N–H and O–H groups in total. The van der Waals surface area contributed by atoms with E-state index in [1.807, 2.05) is 0 Å². The van der Waals surface area contributed by atoms with Gasteiger partial charge in [0, 0.05) is 12.1 Å². The normalized spacial score (nSPS) is 13.5. The number of hydrogen-bond donors (Lipinski definition) is 1. The molecule has 8 nitrogen and oxygen atoms in total. The van der Waals surface area contributed by atoms with Crippen LogP contribution in [-0.4, -0.2) is 31.2 Å². The topological polar surface area (TPSA) is 104 Å². The monoisotopic (exact) mass is 420 g/mol. The van der Waals surface area contributed by atoms with Gasteiger partial charge in [0.05, 0.1) is 11.5 Å². The van der Waals surface area contributed by atoms with Crippen LogP contribution in [0.3, 0.4) is 0 Å². The summed E-state index contributed by atoms with van der Waals surface area (Å²) in [6, 6.07) is 7.53. The van der Waals surface area contributed by atoms with Gasteiger partial charge in [-0.1, -0.05) is 0 Å². The van der Waals surface area contributed by atoms with Crippen LogP contribution in [0.5, 0.6) is 5.75 Å². The number of esters is 1. The standard InChI is InChI=1S/C20H24N2O6S/c1-13-5-7-16(19(24)22(13)12-18(23)28-20(2,3)4)21-29(25,26)15-6-8-17-14(11-15)9-10-27-17/h5-8,11,21H,9-10,12H2,1-4H3. The molecule has 156 valence electrons. The summed E-state index contributed by atoms with van der Waals surface area (Å²) in [6.07, 6.45) is 0.631. The van der Waals surface area contributed by atoms with Gasteiger partial charge in [0.15, 0.2) is 0 Å². The number of ether oxygens (including phenoxy) is 2. The van der Waals surface area contributed by atoms with Gasteiger partial charge in [0.25, 0.3) is 15.6 Å². The van der Waals surface area contributed by atoms with Gasteiger partial charge in [-0.3, -0.25) is 18.9 Å². The van der Waals surface area contributed by atoms with Crippen molar-refractivity contribution in [2.24, 2.45) is 0 Å². The third kappa shape index (κ3) is 4.79. The summed E-state index contributed by atoms with van der Waals surface area (Å²) in [5.74, 6) is 0.0836. The van der Waals surface area contributed by atoms with Gasteiger partial charge in [-0.2, -0.15) is 0 Å². The summed E-state index contributed by atoms with van der Waals surface area (Å²) in [5, 5.41) is 0. The molecule has 0 atom stereocenters. The number of hydrogen-bond acceptors (Lipinski definition) is 6. The second-order valence-corrected chi connectivity index (χ2v) is 9.52. The van der Waals surface area contributed by atoms with E-state index >= 15 is 0 Å². The van der Waals surface area contributed by atoms with E-state index in [1.165, 1.54) is 22.8 Å². The maximum absolute atomic E-state index is 12.8. The summed E-state index contributed by atoms with van der Waals surface area (Å²) in [4.78, 5) is 25.0. The Labute approximate surface area is 169 Å². The highest BCUT2D eigenvalue weighted by Crippen LogP contribution is 2.28. The fraction of sp³-hybridized carbons (Fsp3) is 0.400. The molecule has 0 aliphatic carbocycles. The van der Waals surface area contributed by atoms with Crippen LogP contribution in [-0.2, 0) is 32.5 Å². The molecule has 0 unspecified atom stereocenters. The molecule has 1 aliphatic heterocycles. The van der Waals surface area contributed by atoms with E-state index in [0.717, 1.165) is 5.56 Å². The molecule has 1 aromatic heterocycles. The van der Waals surface area contributed by atoms with Crippen molar-refractivity contribution >= 4 is 21.7 Å². The van der Waals surface area contributed by atoms with Gasteiger partial charge in [-0.05, 0) is 63.6 Å². The SMILES string of the molecule is Cc1ccc(NS(=O)(=O)c2ccc3c(c2)CCO3)c(=O)n1CC(=O)OC(C)(C)C. The van der Waals surface area contributed by atoms with Crippen LogP contribution in [0.25, 0.3) is 0 Å². The molecule has 29 heavy (non-hydrogen) atoms. The molecule has 1 aromatic carbocycles. The Morgan fingerprint density at radius 2 is 1.97 bits per heavy atom. The van der Waals surface area contributed by atoms with Crippen molar-refractivity contribution < 1.29 is 22.7 Å². The summed E-state index contributed by atoms with van der Waals surface area (Å²) >= 11 is 0. The minimum absolute atomic E-state index is 0.0421. The lowest BCUT2D eigenvalue weighted by molar-refractivity contribution is -0.155. The molecule has 9 heteroatoms. The van der Waals surface area contributed by atoms with Crippen LogP contribution < -0.4 is 15.0 Å². The molecule has 2 heterocycles. The van der Waals surface area contributed by atoms with Crippen molar-refractivity contribution in [2.75, 3.05) is 11.3 Å². The van der Waals surface area contributed by atoms with Crippen LogP contribution in [0.15, 0.2) is 40.0 Å². The van der Waals surface area contributed by atoms with Gasteiger partial charge in [-0.25, -0.2) is 8.42 Å². The zero-order chi connectivity index (χ0) is 21.4. The van der Waals surface area contributed by atoms with E-state index in [2.05, 4.69) is 4.72 Å². The Morgan fingerprint density at radius 1 is 1.24 bits per heavy atom. The molecule has 0 saturated heterocycles. The number of carbonyl (C=O) groups excluding carboxylic acids is 1. The summed E-state index contributed by atoms with van der Waals surface area (Å²) < 4.78 is 39.7. The lowest BCUT2D eigenvalue weighted by atomic mass is 10.2. The molecule has 0 fully saturated rings. The quantitative estimate of drug-likeness (QED) is 0.744. The Kier molecular flexibility index (Phi) is 5.44. The second-order valence-electron chi connectivity index (χ2n) is 7.84. The van der Waals surface area contributed by atoms with E-state index in [1.54, 1.807) is 39.8 Å². The van der Waals surface area contributed by atoms with Crippen molar-refractivity contribution in [3.05, 3.63) is 51.9 Å². The largest absolute Gasteiger partial charge is 0.493 e. The predicted octanol–water partition coefficient (Wildman–Crippen LogP) is 2.23. The average Bonchev–Trinajstić information content (AvgIpc) is 3.07. The van der Waals surface area contributed by atoms with Crippen LogP contribution >= 0.6 is 0 Å². The maximum Gasteiger partial charge on any atom is 0.326 e. The van der Waals surface area contributed by atoms with Gasteiger partial charge < -0.3 is 9.47 Å². The van der Waals surface area contributed by atoms with Crippen molar-refractivity contribution in [3.63, 3.8) is 0 Å². The molecule has 0 bridgehead atoms. The maximum atomic E-state index is 12.8. The molecule has 0 amide bonds. The number of carbonyl (C=O) groups is 1. The van der Waals surface area contributed by atoms with E-state index in [0.29, 0.717) is 24.5 Å². The zero-order valence-electron chi connectivity index (χ0n) is 16.8. The second kappa shape index (κ2) is 7.55. The molecule has 0 radical (unpaired) electrons. The van der Waals surface area contributed by atoms with Crippen LogP contribution in [0.4, 0.5) is 5.69 Å². The molecule has 3 rings (SSSR count). The van der Waals surface area contributed by atoms with Gasteiger partial charge in [0.2, 0.25) is 0 Å². The Bertz CT molecular complexity index is 1110. The van der Waals surface area contributed by atoms with Gasteiger partial charge >= 0.3 is 5.97 Å². The predicted molar refractivity (Wildman–Crippen MR) is 108 cm³/mol. The molecule has 1 aliphatic rings. The first-order valence-corrected chi connectivity index (χ1v) is 10.7. The summed E-state index contributed by atoms with van der Waals surface area (Å²) in [5.41, 5.74) is -0.136. The highest BCUT2D eigenvalue weighted by atomic mass is 32.2. The number of aromatic nitrogens is 1. The van der Waals surface area contributed by atoms with E-state index in [-0.39, 0.29) is 17.1 Å². The number of fused-ring (bicyclic) bond motifs is 1. The van der Waals surface area contributed by atoms with Crippen LogP contribution in [0, 0.1) is 6.92 Å². The Balaban J connectivity index is 1.88. The number of rotatable bonds is 5. The number of pyridine rings is 1. The molecule has 0 spiro atoms. The Morgan fingerprint density at radius 3 is 2.66 bits per heavy atom. The van der Waals surface area contributed by atoms with Gasteiger partial charge in [-0.15, -0.1) is 0 Å². The zero-order valence-corrected chi connectivity index (χ0v) is 17.6. The minimum atomic E-state index is -3.98.